The van der Waals surface area contributed by atoms with Crippen molar-refractivity contribution in [3.8, 4) is 0 Å². The van der Waals surface area contributed by atoms with Gasteiger partial charge in [0.25, 0.3) is 0 Å². The number of aromatic nitrogens is 1. The molecule has 1 aliphatic rings. The SMILES string of the molecule is NC(=O)C1(c2cc[nH]c2)COC1. The van der Waals surface area contributed by atoms with E-state index in [-0.39, 0.29) is 5.91 Å². The van der Waals surface area contributed by atoms with Gasteiger partial charge in [-0.15, -0.1) is 0 Å². The summed E-state index contributed by atoms with van der Waals surface area (Å²) >= 11 is 0. The average Bonchev–Trinajstić information content (AvgIpc) is 2.35. The molecule has 0 bridgehead atoms. The molecule has 1 saturated heterocycles. The van der Waals surface area contributed by atoms with Gasteiger partial charge in [0.1, 0.15) is 5.41 Å². The van der Waals surface area contributed by atoms with Crippen molar-refractivity contribution < 1.29 is 9.53 Å². The van der Waals surface area contributed by atoms with Crippen LogP contribution in [-0.2, 0) is 14.9 Å². The van der Waals surface area contributed by atoms with Crippen LogP contribution in [0, 0.1) is 0 Å². The zero-order valence-electron chi connectivity index (χ0n) is 6.54. The van der Waals surface area contributed by atoms with E-state index in [0.717, 1.165) is 5.56 Å². The van der Waals surface area contributed by atoms with E-state index in [4.69, 9.17) is 10.5 Å². The van der Waals surface area contributed by atoms with Crippen LogP contribution in [0.1, 0.15) is 5.56 Å². The van der Waals surface area contributed by atoms with Crippen LogP contribution < -0.4 is 5.73 Å². The Kier molecular flexibility index (Phi) is 1.44. The van der Waals surface area contributed by atoms with E-state index in [1.54, 1.807) is 12.4 Å². The van der Waals surface area contributed by atoms with Gasteiger partial charge in [0.2, 0.25) is 5.91 Å². The molecule has 0 atom stereocenters. The highest BCUT2D eigenvalue weighted by Gasteiger charge is 2.46. The number of nitrogens with one attached hydrogen (secondary N) is 1. The Hall–Kier alpha value is -1.29. The molecule has 12 heavy (non-hydrogen) atoms. The predicted molar refractivity (Wildman–Crippen MR) is 42.5 cm³/mol. The number of H-pyrrole nitrogens is 1. The first-order valence-corrected chi connectivity index (χ1v) is 3.77. The molecule has 64 valence electrons. The number of carbonyl (C=O) groups excluding carboxylic acids is 1. The molecule has 2 heterocycles. The lowest BCUT2D eigenvalue weighted by Crippen LogP contribution is -2.55. The largest absolute Gasteiger partial charge is 0.378 e. The molecule has 1 fully saturated rings. The first-order valence-electron chi connectivity index (χ1n) is 3.77. The Morgan fingerprint density at radius 2 is 2.42 bits per heavy atom. The predicted octanol–water partition coefficient (Wildman–Crippen LogP) is -0.232. The van der Waals surface area contributed by atoms with Crippen LogP contribution in [0.5, 0.6) is 0 Å². The molecule has 4 nitrogen and oxygen atoms in total. The van der Waals surface area contributed by atoms with Crippen LogP contribution >= 0.6 is 0 Å². The van der Waals surface area contributed by atoms with Crippen LogP contribution in [-0.4, -0.2) is 24.1 Å². The van der Waals surface area contributed by atoms with Crippen LogP contribution in [0.25, 0.3) is 0 Å². The highest BCUT2D eigenvalue weighted by atomic mass is 16.5. The monoisotopic (exact) mass is 166 g/mol. The first-order chi connectivity index (χ1) is 5.76. The van der Waals surface area contributed by atoms with Crippen LogP contribution in [0.3, 0.4) is 0 Å². The van der Waals surface area contributed by atoms with Gasteiger partial charge in [-0.2, -0.15) is 0 Å². The first kappa shape index (κ1) is 7.36. The molecule has 2 rings (SSSR count). The highest BCUT2D eigenvalue weighted by molar-refractivity contribution is 5.88. The van der Waals surface area contributed by atoms with E-state index >= 15 is 0 Å². The average molecular weight is 166 g/mol. The van der Waals surface area contributed by atoms with E-state index in [1.165, 1.54) is 0 Å². The molecule has 0 saturated carbocycles. The molecule has 1 aliphatic heterocycles. The fourth-order valence-corrected chi connectivity index (χ4v) is 1.38. The molecule has 3 N–H and O–H groups in total. The second kappa shape index (κ2) is 2.35. The lowest BCUT2D eigenvalue weighted by atomic mass is 9.79. The lowest BCUT2D eigenvalue weighted by Gasteiger charge is -2.37. The molecule has 1 amide bonds. The quantitative estimate of drug-likeness (QED) is 0.637. The van der Waals surface area contributed by atoms with Gasteiger partial charge in [0.05, 0.1) is 13.2 Å². The minimum absolute atomic E-state index is 0.312. The highest BCUT2D eigenvalue weighted by Crippen LogP contribution is 2.31. The van der Waals surface area contributed by atoms with E-state index in [0.29, 0.717) is 13.2 Å². The molecule has 0 unspecified atom stereocenters. The van der Waals surface area contributed by atoms with Crippen molar-refractivity contribution in [2.45, 2.75) is 5.41 Å². The van der Waals surface area contributed by atoms with E-state index in [9.17, 15) is 4.79 Å². The van der Waals surface area contributed by atoms with Gasteiger partial charge in [-0.1, -0.05) is 0 Å². The molecule has 0 spiro atoms. The third kappa shape index (κ3) is 0.783. The summed E-state index contributed by atoms with van der Waals surface area (Å²) in [7, 11) is 0. The normalized spacial score (nSPS) is 20.0. The number of carbonyl (C=O) groups is 1. The van der Waals surface area contributed by atoms with Crippen LogP contribution in [0.15, 0.2) is 18.5 Å². The Morgan fingerprint density at radius 3 is 2.75 bits per heavy atom. The van der Waals surface area contributed by atoms with E-state index < -0.39 is 5.41 Å². The second-order valence-corrected chi connectivity index (χ2v) is 3.04. The maximum Gasteiger partial charge on any atom is 0.232 e. The maximum absolute atomic E-state index is 11.1. The summed E-state index contributed by atoms with van der Waals surface area (Å²) in [6.07, 6.45) is 3.56. The van der Waals surface area contributed by atoms with Gasteiger partial charge in [-0.25, -0.2) is 0 Å². The fraction of sp³-hybridized carbons (Fsp3) is 0.375. The summed E-state index contributed by atoms with van der Waals surface area (Å²) in [5, 5.41) is 0. The van der Waals surface area contributed by atoms with E-state index in [1.807, 2.05) is 6.07 Å². The summed E-state index contributed by atoms with van der Waals surface area (Å²) in [5.74, 6) is -0.312. The Balaban J connectivity index is 2.35. The number of nitrogens with two attached hydrogens (primary N) is 1. The van der Waals surface area contributed by atoms with Gasteiger partial charge in [0.15, 0.2) is 0 Å². The number of primary amides is 1. The zero-order chi connectivity index (χ0) is 8.60. The Morgan fingerprint density at radius 1 is 1.67 bits per heavy atom. The van der Waals surface area contributed by atoms with Gasteiger partial charge in [0, 0.05) is 12.4 Å². The fourth-order valence-electron chi connectivity index (χ4n) is 1.38. The number of hydrogen-bond acceptors (Lipinski definition) is 2. The summed E-state index contributed by atoms with van der Waals surface area (Å²) in [4.78, 5) is 14.0. The molecule has 1 aromatic rings. The smallest absolute Gasteiger partial charge is 0.232 e. The number of amides is 1. The minimum atomic E-state index is -0.569. The zero-order valence-corrected chi connectivity index (χ0v) is 6.54. The third-order valence-corrected chi connectivity index (χ3v) is 2.32. The van der Waals surface area contributed by atoms with Gasteiger partial charge >= 0.3 is 0 Å². The van der Waals surface area contributed by atoms with Crippen molar-refractivity contribution in [1.82, 2.24) is 4.98 Å². The second-order valence-electron chi connectivity index (χ2n) is 3.04. The summed E-state index contributed by atoms with van der Waals surface area (Å²) in [6.45, 7) is 0.806. The van der Waals surface area contributed by atoms with Gasteiger partial charge in [-0.05, 0) is 11.6 Å². The maximum atomic E-state index is 11.1. The van der Waals surface area contributed by atoms with Crippen molar-refractivity contribution in [1.29, 1.82) is 0 Å². The molecule has 0 radical (unpaired) electrons. The van der Waals surface area contributed by atoms with E-state index in [2.05, 4.69) is 4.98 Å². The van der Waals surface area contributed by atoms with Crippen LogP contribution in [0.2, 0.25) is 0 Å². The third-order valence-electron chi connectivity index (χ3n) is 2.32. The Labute approximate surface area is 69.7 Å². The topological polar surface area (TPSA) is 68.1 Å². The standard InChI is InChI=1S/C8H10N2O2/c9-7(11)8(4-12-5-8)6-1-2-10-3-6/h1-3,10H,4-5H2,(H2,9,11). The molecule has 4 heteroatoms. The molecular formula is C8H10N2O2. The van der Waals surface area contributed by atoms with Crippen molar-refractivity contribution >= 4 is 5.91 Å². The number of aromatic amines is 1. The van der Waals surface area contributed by atoms with Crippen molar-refractivity contribution in [3.63, 3.8) is 0 Å². The van der Waals surface area contributed by atoms with Crippen molar-refractivity contribution in [2.75, 3.05) is 13.2 Å². The lowest BCUT2D eigenvalue weighted by molar-refractivity contribution is -0.141. The Bertz CT molecular complexity index is 288. The minimum Gasteiger partial charge on any atom is -0.378 e. The molecule has 1 aromatic heterocycles. The number of hydrogen-bond donors (Lipinski definition) is 2. The number of rotatable bonds is 2. The molecule has 0 aromatic carbocycles. The van der Waals surface area contributed by atoms with Crippen molar-refractivity contribution in [3.05, 3.63) is 24.0 Å². The van der Waals surface area contributed by atoms with Gasteiger partial charge in [-0.3, -0.25) is 4.79 Å². The summed E-state index contributed by atoms with van der Waals surface area (Å²) in [6, 6.07) is 1.85. The van der Waals surface area contributed by atoms with Crippen LogP contribution in [0.4, 0.5) is 0 Å². The molecular weight excluding hydrogens is 156 g/mol. The summed E-state index contributed by atoms with van der Waals surface area (Å²) in [5.41, 5.74) is 5.64. The molecule has 0 aliphatic carbocycles. The van der Waals surface area contributed by atoms with Gasteiger partial charge < -0.3 is 15.5 Å². The summed E-state index contributed by atoms with van der Waals surface area (Å²) < 4.78 is 5.01. The van der Waals surface area contributed by atoms with Crippen molar-refractivity contribution in [2.24, 2.45) is 5.73 Å². The number of ether oxygens (including phenoxy) is 1.